The normalized spacial score (nSPS) is 10.8. The number of hydrogen-bond donors (Lipinski definition) is 1. The molecule has 0 bridgehead atoms. The fourth-order valence-electron chi connectivity index (χ4n) is 2.45. The molecule has 128 valence electrons. The Hall–Kier alpha value is -2.54. The van der Waals surface area contributed by atoms with E-state index in [0.29, 0.717) is 23.9 Å². The van der Waals surface area contributed by atoms with E-state index in [-0.39, 0.29) is 23.8 Å². The Kier molecular flexibility index (Phi) is 5.23. The van der Waals surface area contributed by atoms with E-state index in [1.165, 1.54) is 23.0 Å². The summed E-state index contributed by atoms with van der Waals surface area (Å²) in [5.41, 5.74) is 1.25. The molecule has 3 aromatic rings. The van der Waals surface area contributed by atoms with Crippen LogP contribution in [0.15, 0.2) is 58.1 Å². The maximum absolute atomic E-state index is 12.8. The van der Waals surface area contributed by atoms with E-state index in [4.69, 9.17) is 0 Å². The molecule has 1 aromatic heterocycles. The van der Waals surface area contributed by atoms with E-state index < -0.39 is 0 Å². The highest BCUT2D eigenvalue weighted by Gasteiger charge is 2.08. The molecule has 3 rings (SSSR count). The summed E-state index contributed by atoms with van der Waals surface area (Å²) in [5, 5.41) is 3.21. The summed E-state index contributed by atoms with van der Waals surface area (Å²) < 4.78 is 14.9. The third kappa shape index (κ3) is 4.30. The van der Waals surface area contributed by atoms with E-state index in [9.17, 15) is 14.0 Å². The zero-order valence-corrected chi connectivity index (χ0v) is 14.8. The maximum atomic E-state index is 12.8. The number of amides is 1. The van der Waals surface area contributed by atoms with Gasteiger partial charge in [-0.15, -0.1) is 0 Å². The third-order valence-corrected chi connectivity index (χ3v) is 4.24. The van der Waals surface area contributed by atoms with Crippen molar-refractivity contribution >= 4 is 32.7 Å². The van der Waals surface area contributed by atoms with Gasteiger partial charge in [-0.05, 0) is 42.3 Å². The van der Waals surface area contributed by atoms with Crippen molar-refractivity contribution in [1.29, 1.82) is 0 Å². The van der Waals surface area contributed by atoms with Crippen molar-refractivity contribution in [2.45, 2.75) is 13.0 Å². The van der Waals surface area contributed by atoms with Gasteiger partial charge in [0.25, 0.3) is 5.56 Å². The predicted molar refractivity (Wildman–Crippen MR) is 96.8 cm³/mol. The number of rotatable bonds is 5. The van der Waals surface area contributed by atoms with Crippen LogP contribution in [0.4, 0.5) is 4.39 Å². The minimum Gasteiger partial charge on any atom is -0.354 e. The number of hydrogen-bond acceptors (Lipinski definition) is 3. The van der Waals surface area contributed by atoms with Gasteiger partial charge in [-0.25, -0.2) is 9.37 Å². The van der Waals surface area contributed by atoms with Gasteiger partial charge in [0.05, 0.1) is 17.2 Å². The molecule has 0 aliphatic heterocycles. The van der Waals surface area contributed by atoms with Crippen molar-refractivity contribution in [2.75, 3.05) is 6.54 Å². The van der Waals surface area contributed by atoms with Gasteiger partial charge in [-0.2, -0.15) is 0 Å². The minimum absolute atomic E-state index is 0.0995. The van der Waals surface area contributed by atoms with Gasteiger partial charge in [-0.1, -0.05) is 28.1 Å². The standard InChI is InChI=1S/C18H15BrFN3O2/c19-13-3-6-16-15(9-13)18(25)23(11-22-16)10-17(24)21-8-7-12-1-4-14(20)5-2-12/h1-6,9,11H,7-8,10H2,(H,21,24). The first-order valence-electron chi connectivity index (χ1n) is 7.69. The number of nitrogens with zero attached hydrogens (tertiary/aromatic N) is 2. The highest BCUT2D eigenvalue weighted by atomic mass is 79.9. The topological polar surface area (TPSA) is 64.0 Å². The number of nitrogens with one attached hydrogen (secondary N) is 1. The Balaban J connectivity index is 1.63. The van der Waals surface area contributed by atoms with Crippen molar-refractivity contribution in [3.05, 3.63) is 75.0 Å². The Labute approximate surface area is 151 Å². The number of carbonyl (C=O) groups excluding carboxylic acids is 1. The van der Waals surface area contributed by atoms with Gasteiger partial charge >= 0.3 is 0 Å². The zero-order valence-electron chi connectivity index (χ0n) is 13.2. The summed E-state index contributed by atoms with van der Waals surface area (Å²) in [6, 6.07) is 11.4. The molecule has 1 heterocycles. The van der Waals surface area contributed by atoms with Crippen molar-refractivity contribution in [3.8, 4) is 0 Å². The largest absolute Gasteiger partial charge is 0.354 e. The van der Waals surface area contributed by atoms with Crippen molar-refractivity contribution in [1.82, 2.24) is 14.9 Å². The first-order chi connectivity index (χ1) is 12.0. The number of halogens is 2. The Morgan fingerprint density at radius 2 is 1.96 bits per heavy atom. The summed E-state index contributed by atoms with van der Waals surface area (Å²) in [5.74, 6) is -0.567. The molecule has 0 atom stereocenters. The maximum Gasteiger partial charge on any atom is 0.261 e. The van der Waals surface area contributed by atoms with Gasteiger partial charge in [0, 0.05) is 11.0 Å². The van der Waals surface area contributed by atoms with Crippen LogP contribution in [-0.4, -0.2) is 22.0 Å². The van der Waals surface area contributed by atoms with Crippen LogP contribution < -0.4 is 10.9 Å². The first-order valence-corrected chi connectivity index (χ1v) is 8.48. The van der Waals surface area contributed by atoms with E-state index in [0.717, 1.165) is 10.0 Å². The second-order valence-electron chi connectivity index (χ2n) is 5.57. The van der Waals surface area contributed by atoms with Crippen LogP contribution in [0, 0.1) is 5.82 Å². The third-order valence-electron chi connectivity index (χ3n) is 3.75. The molecule has 25 heavy (non-hydrogen) atoms. The molecule has 0 saturated carbocycles. The van der Waals surface area contributed by atoms with Crippen molar-refractivity contribution in [3.63, 3.8) is 0 Å². The summed E-state index contributed by atoms with van der Waals surface area (Å²) in [6.07, 6.45) is 1.96. The second kappa shape index (κ2) is 7.57. The van der Waals surface area contributed by atoms with Gasteiger partial charge in [-0.3, -0.25) is 14.2 Å². The van der Waals surface area contributed by atoms with Gasteiger partial charge < -0.3 is 5.32 Å². The fourth-order valence-corrected chi connectivity index (χ4v) is 2.81. The lowest BCUT2D eigenvalue weighted by Crippen LogP contribution is -2.33. The number of aromatic nitrogens is 2. The molecule has 0 aliphatic carbocycles. The molecule has 0 aliphatic rings. The molecular weight excluding hydrogens is 389 g/mol. The van der Waals surface area contributed by atoms with Crippen molar-refractivity contribution < 1.29 is 9.18 Å². The molecular formula is C18H15BrFN3O2. The van der Waals surface area contributed by atoms with E-state index >= 15 is 0 Å². The van der Waals surface area contributed by atoms with Gasteiger partial charge in [0.1, 0.15) is 12.4 Å². The van der Waals surface area contributed by atoms with Crippen LogP contribution >= 0.6 is 15.9 Å². The van der Waals surface area contributed by atoms with Crippen LogP contribution in [0.1, 0.15) is 5.56 Å². The lowest BCUT2D eigenvalue weighted by atomic mass is 10.1. The lowest BCUT2D eigenvalue weighted by molar-refractivity contribution is -0.121. The van der Waals surface area contributed by atoms with Crippen molar-refractivity contribution in [2.24, 2.45) is 0 Å². The predicted octanol–water partition coefficient (Wildman–Crippen LogP) is 2.66. The Morgan fingerprint density at radius 1 is 1.20 bits per heavy atom. The van der Waals surface area contributed by atoms with Gasteiger partial charge in [0.2, 0.25) is 5.91 Å². The molecule has 0 radical (unpaired) electrons. The van der Waals surface area contributed by atoms with Crippen LogP contribution in [0.5, 0.6) is 0 Å². The monoisotopic (exact) mass is 403 g/mol. The average Bonchev–Trinajstić information content (AvgIpc) is 2.60. The Morgan fingerprint density at radius 3 is 2.72 bits per heavy atom. The smallest absolute Gasteiger partial charge is 0.261 e. The van der Waals surface area contributed by atoms with Crippen LogP contribution in [0.2, 0.25) is 0 Å². The quantitative estimate of drug-likeness (QED) is 0.711. The van der Waals surface area contributed by atoms with E-state index in [1.807, 2.05) is 0 Å². The van der Waals surface area contributed by atoms with E-state index in [2.05, 4.69) is 26.2 Å². The number of fused-ring (bicyclic) bond motifs is 1. The van der Waals surface area contributed by atoms with Gasteiger partial charge in [0.15, 0.2) is 0 Å². The molecule has 0 fully saturated rings. The molecule has 0 spiro atoms. The fraction of sp³-hybridized carbons (Fsp3) is 0.167. The minimum atomic E-state index is -0.289. The average molecular weight is 404 g/mol. The molecule has 0 saturated heterocycles. The highest BCUT2D eigenvalue weighted by Crippen LogP contribution is 2.14. The summed E-state index contributed by atoms with van der Waals surface area (Å²) in [7, 11) is 0. The van der Waals surface area contributed by atoms with Crippen LogP contribution in [0.25, 0.3) is 10.9 Å². The molecule has 0 unspecified atom stereocenters. The summed E-state index contributed by atoms with van der Waals surface area (Å²) in [6.45, 7) is 0.309. The lowest BCUT2D eigenvalue weighted by Gasteiger charge is -2.08. The molecule has 1 N–H and O–H groups in total. The molecule has 7 heteroatoms. The summed E-state index contributed by atoms with van der Waals surface area (Å²) >= 11 is 3.32. The van der Waals surface area contributed by atoms with Crippen LogP contribution in [0.3, 0.4) is 0 Å². The second-order valence-corrected chi connectivity index (χ2v) is 6.48. The SMILES string of the molecule is O=C(Cn1cnc2ccc(Br)cc2c1=O)NCCc1ccc(F)cc1. The zero-order chi connectivity index (χ0) is 17.8. The van der Waals surface area contributed by atoms with E-state index in [1.54, 1.807) is 30.3 Å². The number of carbonyl (C=O) groups is 1. The molecule has 1 amide bonds. The summed E-state index contributed by atoms with van der Waals surface area (Å²) in [4.78, 5) is 28.7. The highest BCUT2D eigenvalue weighted by molar-refractivity contribution is 9.10. The first kappa shape index (κ1) is 17.3. The molecule has 2 aromatic carbocycles. The molecule has 5 nitrogen and oxygen atoms in total. The number of benzene rings is 2. The van der Waals surface area contributed by atoms with Crippen LogP contribution in [-0.2, 0) is 17.8 Å². The Bertz CT molecular complexity index is 970.